The van der Waals surface area contributed by atoms with E-state index < -0.39 is 46.7 Å². The Morgan fingerprint density at radius 1 is 0.543 bits per heavy atom. The zero-order valence-electron chi connectivity index (χ0n) is 38.6. The number of aromatic nitrogens is 10. The van der Waals surface area contributed by atoms with E-state index in [9.17, 15) is 26.3 Å². The number of benzene rings is 2. The highest BCUT2D eigenvalue weighted by Gasteiger charge is 2.45. The van der Waals surface area contributed by atoms with Crippen LogP contribution >= 0.6 is 11.6 Å². The maximum atomic E-state index is 14.7. The molecule has 0 spiro atoms. The van der Waals surface area contributed by atoms with E-state index in [0.29, 0.717) is 78.3 Å². The van der Waals surface area contributed by atoms with Gasteiger partial charge in [-0.2, -0.15) is 25.3 Å². The highest BCUT2D eigenvalue weighted by Crippen LogP contribution is 2.43. The molecule has 21 heteroatoms. The molecule has 2 saturated heterocycles. The standard InChI is InChI=1S/C25H28F3N7.C24H25ClF3N7/c1-14-10-17(11-29-32-14)34-12-15-5-6-16(13-34)23(15)30-25-31-24-19(4-2-3-9-35(24)33-25)18-7-8-20(26)22(28)21(18)27;25-19-9-15(10-29-32-19)34-11-13-4-5-14(12-34)22(13)30-24-31-23-17(3-1-2-8-35(23)33-24)16-6-7-18(26)21(28)20(16)27/h7-8,10-11,15-16,19,23H,2-6,9,12-13H2,1H3,(H,30,33);6-7,9-10,13-14,17,22H,1-5,8,11-12H2,(H,30,33)/t15-,16+,19-,23?;13-,14+,17-,22?/m11/s1. The summed E-state index contributed by atoms with van der Waals surface area (Å²) >= 11 is 6.04. The number of hydrogen-bond donors (Lipinski definition) is 2. The molecule has 2 N–H and O–H groups in total. The normalized spacial score (nSPS) is 25.9. The van der Waals surface area contributed by atoms with Crippen LogP contribution in [0.5, 0.6) is 0 Å². The number of hydrogen-bond acceptors (Lipinski definition) is 12. The van der Waals surface area contributed by atoms with Gasteiger partial charge in [-0.1, -0.05) is 36.6 Å². The van der Waals surface area contributed by atoms with Crippen molar-refractivity contribution in [1.29, 1.82) is 0 Å². The largest absolute Gasteiger partial charge is 0.369 e. The van der Waals surface area contributed by atoms with Crippen LogP contribution in [-0.2, 0) is 13.1 Å². The SMILES string of the molecule is Cc1cc(N2C[C@H]3CC[C@@H](C2)C3Nc2nc3n(n2)CCCC[C@@H]3c2ccc(F)c(F)c2F)cnn1.Fc1ccc([C@H]2CCCCn3nc(NC4[C@@H]5CC[C@H]4CN(c4cnnc(Cl)c4)C5)nc32)c(F)c1F. The quantitative estimate of drug-likeness (QED) is 0.111. The molecule has 8 heterocycles. The second kappa shape index (κ2) is 19.3. The Morgan fingerprint density at radius 3 is 1.43 bits per heavy atom. The van der Waals surface area contributed by atoms with Crippen molar-refractivity contribution in [3.05, 3.63) is 117 Å². The number of nitrogens with one attached hydrogen (secondary N) is 2. The Balaban J connectivity index is 0.000000152. The number of piperidine rings is 2. The number of halogens is 7. The first-order valence-electron chi connectivity index (χ1n) is 24.4. The monoisotopic (exact) mass is 986 g/mol. The minimum atomic E-state index is -1.44. The Bertz CT molecular complexity index is 2660. The maximum Gasteiger partial charge on any atom is 0.242 e. The molecule has 70 heavy (non-hydrogen) atoms. The second-order valence-corrected chi connectivity index (χ2v) is 20.2. The van der Waals surface area contributed by atoms with Crippen molar-refractivity contribution in [2.45, 2.75) is 108 Å². The molecule has 2 unspecified atom stereocenters. The molecule has 368 valence electrons. The molecule has 0 amide bonds. The Labute approximate surface area is 405 Å². The topological polar surface area (TPSA) is 144 Å². The minimum absolute atomic E-state index is 0.129. The van der Waals surface area contributed by atoms with E-state index in [4.69, 9.17) is 31.8 Å². The molecule has 4 aliphatic heterocycles. The van der Waals surface area contributed by atoms with Crippen LogP contribution in [0.25, 0.3) is 0 Å². The van der Waals surface area contributed by atoms with Crippen molar-refractivity contribution in [3.8, 4) is 0 Å². The van der Waals surface area contributed by atoms with E-state index >= 15 is 0 Å². The molecule has 2 aliphatic carbocycles. The van der Waals surface area contributed by atoms with Gasteiger partial charge in [-0.25, -0.2) is 35.7 Å². The van der Waals surface area contributed by atoms with E-state index in [-0.39, 0.29) is 23.2 Å². The summed E-state index contributed by atoms with van der Waals surface area (Å²) in [7, 11) is 0. The minimum Gasteiger partial charge on any atom is -0.369 e. The van der Waals surface area contributed by atoms with Crippen LogP contribution in [0.4, 0.5) is 49.6 Å². The van der Waals surface area contributed by atoms with E-state index in [0.717, 1.165) is 107 Å². The van der Waals surface area contributed by atoms with Crippen molar-refractivity contribution < 1.29 is 26.3 Å². The summed E-state index contributed by atoms with van der Waals surface area (Å²) in [4.78, 5) is 14.2. The lowest BCUT2D eigenvalue weighted by Crippen LogP contribution is -2.48. The Hall–Kier alpha value is -6.05. The molecular weight excluding hydrogens is 934 g/mol. The summed E-state index contributed by atoms with van der Waals surface area (Å²) in [6, 6.07) is 9.03. The first kappa shape index (κ1) is 46.3. The lowest BCUT2D eigenvalue weighted by atomic mass is 9.92. The van der Waals surface area contributed by atoms with Crippen molar-refractivity contribution in [2.24, 2.45) is 23.7 Å². The van der Waals surface area contributed by atoms with Gasteiger partial charge in [-0.3, -0.25) is 0 Å². The van der Waals surface area contributed by atoms with Gasteiger partial charge in [-0.05, 0) is 100 Å². The van der Waals surface area contributed by atoms with Crippen LogP contribution in [0.3, 0.4) is 0 Å². The molecule has 4 aromatic heterocycles. The van der Waals surface area contributed by atoms with Crippen molar-refractivity contribution in [1.82, 2.24) is 49.9 Å². The van der Waals surface area contributed by atoms with Crippen LogP contribution < -0.4 is 20.4 Å². The number of fused-ring (bicyclic) bond motifs is 6. The van der Waals surface area contributed by atoms with Crippen molar-refractivity contribution in [2.75, 3.05) is 46.6 Å². The molecule has 8 atom stereocenters. The van der Waals surface area contributed by atoms with Crippen molar-refractivity contribution >= 4 is 34.9 Å². The summed E-state index contributed by atoms with van der Waals surface area (Å²) < 4.78 is 88.0. The number of anilines is 4. The molecule has 2 saturated carbocycles. The lowest BCUT2D eigenvalue weighted by molar-refractivity contribution is 0.376. The molecule has 4 bridgehead atoms. The van der Waals surface area contributed by atoms with Gasteiger partial charge in [0.25, 0.3) is 0 Å². The summed E-state index contributed by atoms with van der Waals surface area (Å²) in [5.41, 5.74) is 3.26. The first-order chi connectivity index (χ1) is 33.9. The van der Waals surface area contributed by atoms with E-state index in [1.165, 1.54) is 12.1 Å². The Morgan fingerprint density at radius 2 is 0.986 bits per heavy atom. The predicted molar refractivity (Wildman–Crippen MR) is 250 cm³/mol. The first-order valence-corrected chi connectivity index (χ1v) is 24.8. The van der Waals surface area contributed by atoms with Gasteiger partial charge in [0.2, 0.25) is 11.9 Å². The zero-order chi connectivity index (χ0) is 48.2. The molecular formula is C49H53ClF6N14. The molecule has 0 radical (unpaired) electrons. The van der Waals surface area contributed by atoms with Gasteiger partial charge in [0, 0.05) is 80.4 Å². The molecule has 4 fully saturated rings. The summed E-state index contributed by atoms with van der Waals surface area (Å²) in [5, 5.41) is 32.9. The molecule has 6 aliphatic rings. The Kier molecular flexibility index (Phi) is 12.8. The number of nitrogens with zero attached hydrogens (tertiary/aromatic N) is 12. The number of rotatable bonds is 8. The van der Waals surface area contributed by atoms with E-state index in [1.807, 2.05) is 23.9 Å². The predicted octanol–water partition coefficient (Wildman–Crippen LogP) is 9.22. The highest BCUT2D eigenvalue weighted by molar-refractivity contribution is 6.29. The van der Waals surface area contributed by atoms with Gasteiger partial charge >= 0.3 is 0 Å². The van der Waals surface area contributed by atoms with Crippen LogP contribution in [0, 0.1) is 65.5 Å². The third-order valence-corrected chi connectivity index (χ3v) is 15.7. The summed E-state index contributed by atoms with van der Waals surface area (Å²) in [5.74, 6) is -4.48. The van der Waals surface area contributed by atoms with Gasteiger partial charge in [-0.15, -0.1) is 15.3 Å². The lowest BCUT2D eigenvalue weighted by Gasteiger charge is -2.39. The maximum absolute atomic E-state index is 14.7. The smallest absolute Gasteiger partial charge is 0.242 e. The van der Waals surface area contributed by atoms with Crippen molar-refractivity contribution in [3.63, 3.8) is 0 Å². The van der Waals surface area contributed by atoms with Gasteiger partial charge in [0.05, 0.1) is 29.5 Å². The van der Waals surface area contributed by atoms with Crippen LogP contribution in [-0.4, -0.2) is 88.2 Å². The fourth-order valence-electron chi connectivity index (χ4n) is 12.1. The summed E-state index contributed by atoms with van der Waals surface area (Å²) in [6.45, 7) is 6.87. The fraction of sp³-hybridized carbons (Fsp3) is 0.510. The van der Waals surface area contributed by atoms with Crippen LogP contribution in [0.2, 0.25) is 5.15 Å². The van der Waals surface area contributed by atoms with E-state index in [1.54, 1.807) is 10.9 Å². The van der Waals surface area contributed by atoms with E-state index in [2.05, 4.69) is 46.9 Å². The third-order valence-electron chi connectivity index (χ3n) is 15.5. The van der Waals surface area contributed by atoms with Crippen LogP contribution in [0.15, 0.2) is 48.8 Å². The highest BCUT2D eigenvalue weighted by atomic mass is 35.5. The number of aryl methyl sites for hydroxylation is 3. The fourth-order valence-corrected chi connectivity index (χ4v) is 12.3. The van der Waals surface area contributed by atoms with Gasteiger partial charge < -0.3 is 20.4 Å². The van der Waals surface area contributed by atoms with Crippen LogP contribution in [0.1, 0.15) is 105 Å². The molecule has 6 aromatic rings. The molecule has 2 aromatic carbocycles. The zero-order valence-corrected chi connectivity index (χ0v) is 39.3. The average molecular weight is 988 g/mol. The molecule has 12 rings (SSSR count). The summed E-state index contributed by atoms with van der Waals surface area (Å²) in [6.07, 6.45) is 12.6. The molecule has 14 nitrogen and oxygen atoms in total. The van der Waals surface area contributed by atoms with Gasteiger partial charge in [0.1, 0.15) is 11.6 Å². The third kappa shape index (κ3) is 9.00. The van der Waals surface area contributed by atoms with Gasteiger partial charge in [0.15, 0.2) is 40.1 Å². The second-order valence-electron chi connectivity index (χ2n) is 19.8. The average Bonchev–Trinajstić information content (AvgIpc) is 3.97.